The molecule has 1 aliphatic carbocycles. The summed E-state index contributed by atoms with van der Waals surface area (Å²) in [5.74, 6) is 1.09. The van der Waals surface area contributed by atoms with Gasteiger partial charge in [0.1, 0.15) is 5.82 Å². The Balaban J connectivity index is 1.88. The van der Waals surface area contributed by atoms with Gasteiger partial charge in [-0.3, -0.25) is 0 Å². The summed E-state index contributed by atoms with van der Waals surface area (Å²) in [6.45, 7) is 4.93. The van der Waals surface area contributed by atoms with Gasteiger partial charge in [-0.05, 0) is 30.7 Å². The van der Waals surface area contributed by atoms with Gasteiger partial charge in [-0.2, -0.15) is 0 Å². The van der Waals surface area contributed by atoms with Gasteiger partial charge in [0.15, 0.2) is 0 Å². The minimum Gasteiger partial charge on any atom is -0.387 e. The van der Waals surface area contributed by atoms with Gasteiger partial charge in [0.2, 0.25) is 0 Å². The maximum absolute atomic E-state index is 13.5. The zero-order valence-corrected chi connectivity index (χ0v) is 11.8. The van der Waals surface area contributed by atoms with Gasteiger partial charge >= 0.3 is 0 Å². The van der Waals surface area contributed by atoms with Crippen LogP contribution in [0.3, 0.4) is 0 Å². The van der Waals surface area contributed by atoms with Crippen molar-refractivity contribution >= 4 is 0 Å². The van der Waals surface area contributed by atoms with Crippen LogP contribution in [0.25, 0.3) is 0 Å². The van der Waals surface area contributed by atoms with Gasteiger partial charge in [-0.1, -0.05) is 38.5 Å². The average molecular weight is 265 g/mol. The second-order valence-electron chi connectivity index (χ2n) is 5.66. The molecule has 0 aliphatic heterocycles. The van der Waals surface area contributed by atoms with Crippen LogP contribution >= 0.6 is 0 Å². The molecule has 0 amide bonds. The van der Waals surface area contributed by atoms with Crippen molar-refractivity contribution in [3.63, 3.8) is 0 Å². The van der Waals surface area contributed by atoms with Crippen molar-refractivity contribution in [2.24, 2.45) is 11.8 Å². The molecule has 0 radical (unpaired) electrons. The molecular weight excluding hydrogens is 241 g/mol. The summed E-state index contributed by atoms with van der Waals surface area (Å²) in [5, 5.41) is 13.5. The van der Waals surface area contributed by atoms with Crippen molar-refractivity contribution in [3.05, 3.63) is 35.6 Å². The summed E-state index contributed by atoms with van der Waals surface area (Å²) >= 11 is 0. The number of hydrogen-bond acceptors (Lipinski definition) is 2. The Morgan fingerprint density at radius 3 is 2.74 bits per heavy atom. The van der Waals surface area contributed by atoms with Crippen molar-refractivity contribution < 1.29 is 9.50 Å². The van der Waals surface area contributed by atoms with E-state index in [1.54, 1.807) is 18.2 Å². The lowest BCUT2D eigenvalue weighted by atomic mass is 9.93. The van der Waals surface area contributed by atoms with Crippen LogP contribution in [0, 0.1) is 17.7 Å². The molecular formula is C16H24FNO. The van der Waals surface area contributed by atoms with Gasteiger partial charge in [0, 0.05) is 18.2 Å². The van der Waals surface area contributed by atoms with Gasteiger partial charge in [0.05, 0.1) is 6.10 Å². The summed E-state index contributed by atoms with van der Waals surface area (Å²) in [6.07, 6.45) is 2.86. The largest absolute Gasteiger partial charge is 0.387 e. The Morgan fingerprint density at radius 1 is 1.37 bits per heavy atom. The summed E-state index contributed by atoms with van der Waals surface area (Å²) in [4.78, 5) is 0. The van der Waals surface area contributed by atoms with E-state index >= 15 is 0 Å². The number of hydrogen-bond donors (Lipinski definition) is 2. The van der Waals surface area contributed by atoms with E-state index in [1.165, 1.54) is 18.9 Å². The normalized spacial score (nSPS) is 28.5. The SMILES string of the molecule is CCC1CCC(NCC(O)c2ccccc2F)C1C. The molecule has 4 atom stereocenters. The number of halogens is 1. The van der Waals surface area contributed by atoms with E-state index < -0.39 is 6.10 Å². The predicted octanol–water partition coefficient (Wildman–Crippen LogP) is 3.27. The Labute approximate surface area is 115 Å². The van der Waals surface area contributed by atoms with E-state index in [0.29, 0.717) is 24.1 Å². The monoisotopic (exact) mass is 265 g/mol. The van der Waals surface area contributed by atoms with E-state index in [0.717, 1.165) is 12.3 Å². The molecule has 0 saturated heterocycles. The van der Waals surface area contributed by atoms with Gasteiger partial charge in [-0.15, -0.1) is 0 Å². The first-order chi connectivity index (χ1) is 9.13. The lowest BCUT2D eigenvalue weighted by Gasteiger charge is -2.22. The third-order valence-corrected chi connectivity index (χ3v) is 4.59. The van der Waals surface area contributed by atoms with Crippen molar-refractivity contribution in [1.82, 2.24) is 5.32 Å². The number of nitrogens with one attached hydrogen (secondary N) is 1. The Kier molecular flexibility index (Phi) is 4.94. The molecule has 4 unspecified atom stereocenters. The average Bonchev–Trinajstić information content (AvgIpc) is 2.77. The molecule has 1 aromatic rings. The van der Waals surface area contributed by atoms with E-state index in [2.05, 4.69) is 19.2 Å². The number of benzene rings is 1. The van der Waals surface area contributed by atoms with Crippen molar-refractivity contribution in [1.29, 1.82) is 0 Å². The Morgan fingerprint density at radius 2 is 2.11 bits per heavy atom. The zero-order chi connectivity index (χ0) is 13.8. The quantitative estimate of drug-likeness (QED) is 0.856. The van der Waals surface area contributed by atoms with Crippen molar-refractivity contribution in [3.8, 4) is 0 Å². The standard InChI is InChI=1S/C16H24FNO/c1-3-12-8-9-15(11(12)2)18-10-16(19)13-6-4-5-7-14(13)17/h4-7,11-12,15-16,18-19H,3,8-10H2,1-2H3. The zero-order valence-electron chi connectivity index (χ0n) is 11.8. The second-order valence-corrected chi connectivity index (χ2v) is 5.66. The molecule has 2 rings (SSSR count). The predicted molar refractivity (Wildman–Crippen MR) is 75.3 cm³/mol. The van der Waals surface area contributed by atoms with Gasteiger partial charge < -0.3 is 10.4 Å². The molecule has 2 N–H and O–H groups in total. The highest BCUT2D eigenvalue weighted by Gasteiger charge is 2.31. The van der Waals surface area contributed by atoms with Crippen LogP contribution in [-0.4, -0.2) is 17.7 Å². The number of aliphatic hydroxyl groups is 1. The van der Waals surface area contributed by atoms with Crippen molar-refractivity contribution in [2.75, 3.05) is 6.54 Å². The third kappa shape index (κ3) is 3.34. The minimum absolute atomic E-state index is 0.331. The molecule has 1 fully saturated rings. The minimum atomic E-state index is -0.769. The highest BCUT2D eigenvalue weighted by atomic mass is 19.1. The summed E-state index contributed by atoms with van der Waals surface area (Å²) in [6, 6.07) is 6.89. The lowest BCUT2D eigenvalue weighted by molar-refractivity contribution is 0.161. The highest BCUT2D eigenvalue weighted by molar-refractivity contribution is 5.20. The summed E-state index contributed by atoms with van der Waals surface area (Å²) < 4.78 is 13.5. The number of aliphatic hydroxyl groups excluding tert-OH is 1. The first-order valence-electron chi connectivity index (χ1n) is 7.29. The number of rotatable bonds is 5. The molecule has 0 aromatic heterocycles. The van der Waals surface area contributed by atoms with Gasteiger partial charge in [-0.25, -0.2) is 4.39 Å². The first-order valence-corrected chi connectivity index (χ1v) is 7.29. The van der Waals surface area contributed by atoms with Crippen LogP contribution in [0.4, 0.5) is 4.39 Å². The second kappa shape index (κ2) is 6.49. The molecule has 106 valence electrons. The maximum atomic E-state index is 13.5. The molecule has 1 saturated carbocycles. The Bertz CT molecular complexity index is 409. The molecule has 19 heavy (non-hydrogen) atoms. The fourth-order valence-electron chi connectivity index (χ4n) is 3.23. The summed E-state index contributed by atoms with van der Waals surface area (Å²) in [7, 11) is 0. The first kappa shape index (κ1) is 14.5. The van der Waals surface area contributed by atoms with Crippen LogP contribution in [0.5, 0.6) is 0 Å². The highest BCUT2D eigenvalue weighted by Crippen LogP contribution is 2.34. The Hall–Kier alpha value is -0.930. The molecule has 0 bridgehead atoms. The van der Waals surface area contributed by atoms with Crippen LogP contribution in [0.15, 0.2) is 24.3 Å². The lowest BCUT2D eigenvalue weighted by Crippen LogP contribution is -2.35. The van der Waals surface area contributed by atoms with Crippen LogP contribution in [0.2, 0.25) is 0 Å². The molecule has 1 aliphatic rings. The molecule has 0 spiro atoms. The van der Waals surface area contributed by atoms with Crippen LogP contribution in [-0.2, 0) is 0 Å². The topological polar surface area (TPSA) is 32.3 Å². The van der Waals surface area contributed by atoms with Crippen molar-refractivity contribution in [2.45, 2.75) is 45.3 Å². The molecule has 3 heteroatoms. The van der Waals surface area contributed by atoms with Crippen LogP contribution < -0.4 is 5.32 Å². The van der Waals surface area contributed by atoms with Gasteiger partial charge in [0.25, 0.3) is 0 Å². The van der Waals surface area contributed by atoms with E-state index in [4.69, 9.17) is 0 Å². The van der Waals surface area contributed by atoms with E-state index in [1.807, 2.05) is 0 Å². The van der Waals surface area contributed by atoms with Crippen LogP contribution in [0.1, 0.15) is 44.8 Å². The maximum Gasteiger partial charge on any atom is 0.129 e. The molecule has 2 nitrogen and oxygen atoms in total. The third-order valence-electron chi connectivity index (χ3n) is 4.59. The fourth-order valence-corrected chi connectivity index (χ4v) is 3.23. The molecule has 0 heterocycles. The fraction of sp³-hybridized carbons (Fsp3) is 0.625. The van der Waals surface area contributed by atoms with E-state index in [9.17, 15) is 9.50 Å². The summed E-state index contributed by atoms with van der Waals surface area (Å²) in [5.41, 5.74) is 0.382. The smallest absolute Gasteiger partial charge is 0.129 e. The van der Waals surface area contributed by atoms with E-state index in [-0.39, 0.29) is 5.82 Å². The molecule has 1 aromatic carbocycles.